The highest BCUT2D eigenvalue weighted by atomic mass is 16.6. The molecule has 3 aromatic rings. The molecule has 2 amide bonds. The molecule has 38 heavy (non-hydrogen) atoms. The maximum Gasteiger partial charge on any atom is 0.325 e. The number of carbonyl (C=O) groups is 3. The zero-order chi connectivity index (χ0) is 27.2. The van der Waals surface area contributed by atoms with Crippen LogP contribution < -0.4 is 15.1 Å². The summed E-state index contributed by atoms with van der Waals surface area (Å²) in [5.41, 5.74) is 0.276. The normalized spacial score (nSPS) is 24.4. The highest BCUT2D eigenvalue weighted by Gasteiger charge is 2.68. The van der Waals surface area contributed by atoms with E-state index < -0.39 is 46.1 Å². The number of fused-ring (bicyclic) bond motifs is 1. The molecule has 0 aromatic heterocycles. The first-order chi connectivity index (χ1) is 18.1. The molecule has 10 heteroatoms. The van der Waals surface area contributed by atoms with E-state index in [-0.39, 0.29) is 17.8 Å². The smallest absolute Gasteiger partial charge is 0.325 e. The van der Waals surface area contributed by atoms with E-state index in [0.29, 0.717) is 11.1 Å². The number of nitrogens with one attached hydrogen (secondary N) is 1. The van der Waals surface area contributed by atoms with Crippen LogP contribution in [0.4, 0.5) is 17.1 Å². The average molecular weight is 515 g/mol. The topological polar surface area (TPSA) is 133 Å². The Kier molecular flexibility index (Phi) is 6.20. The molecule has 10 nitrogen and oxygen atoms in total. The number of nitro groups is 1. The van der Waals surface area contributed by atoms with Gasteiger partial charge in [-0.2, -0.15) is 0 Å². The molecule has 2 N–H and O–H groups in total. The minimum absolute atomic E-state index is 0.0293. The number of aliphatic carboxylic acids is 1. The van der Waals surface area contributed by atoms with Gasteiger partial charge in [0.15, 0.2) is 0 Å². The van der Waals surface area contributed by atoms with Crippen molar-refractivity contribution in [2.75, 3.05) is 23.9 Å². The van der Waals surface area contributed by atoms with E-state index in [0.717, 1.165) is 16.7 Å². The number of carboxylic acids is 1. The molecule has 0 spiro atoms. The molecule has 194 valence electrons. The lowest BCUT2D eigenvalue weighted by Gasteiger charge is -2.31. The third kappa shape index (κ3) is 3.99. The number of nitrogens with zero attached hydrogens (tertiary/aromatic N) is 3. The summed E-state index contributed by atoms with van der Waals surface area (Å²) in [6.45, 7) is 0. The van der Waals surface area contributed by atoms with Crippen LogP contribution in [0.3, 0.4) is 0 Å². The molecule has 4 atom stereocenters. The standard InChI is InChI=1S/C28H26N4O6/c1-30(2)19-13-11-18(12-14-19)24-22-23(28(29-24,27(35)36)16-17-7-4-3-5-8-17)26(34)31(25(22)33)20-9-6-10-21(15-20)32(37)38/h3-15,22-24,29H,16H2,1-2H3,(H,35,36). The molecular weight excluding hydrogens is 488 g/mol. The minimum atomic E-state index is -1.78. The van der Waals surface area contributed by atoms with Crippen LogP contribution >= 0.6 is 0 Å². The van der Waals surface area contributed by atoms with Crippen molar-refractivity contribution in [2.45, 2.75) is 18.0 Å². The SMILES string of the molecule is CN(C)c1ccc(C2NC(Cc3ccccc3)(C(=O)O)C3C(=O)N(c4cccc([N+](=O)[O-])c4)C(=O)C23)cc1. The van der Waals surface area contributed by atoms with E-state index in [4.69, 9.17) is 0 Å². The fourth-order valence-electron chi connectivity index (χ4n) is 5.62. The van der Waals surface area contributed by atoms with Crippen LogP contribution in [-0.4, -0.2) is 47.4 Å². The molecule has 2 aliphatic heterocycles. The summed E-state index contributed by atoms with van der Waals surface area (Å²) in [5, 5.41) is 25.1. The van der Waals surface area contributed by atoms with Crippen LogP contribution in [0.15, 0.2) is 78.9 Å². The first kappa shape index (κ1) is 25.1. The van der Waals surface area contributed by atoms with Gasteiger partial charge in [-0.1, -0.05) is 48.5 Å². The predicted molar refractivity (Wildman–Crippen MR) is 140 cm³/mol. The summed E-state index contributed by atoms with van der Waals surface area (Å²) in [7, 11) is 3.79. The van der Waals surface area contributed by atoms with Crippen LogP contribution in [0.25, 0.3) is 0 Å². The number of hydrogen-bond acceptors (Lipinski definition) is 7. The molecule has 5 rings (SSSR count). The van der Waals surface area contributed by atoms with Gasteiger partial charge in [0, 0.05) is 44.4 Å². The van der Waals surface area contributed by atoms with Gasteiger partial charge in [-0.05, 0) is 29.3 Å². The van der Waals surface area contributed by atoms with Crippen LogP contribution in [-0.2, 0) is 20.8 Å². The Morgan fingerprint density at radius 2 is 1.71 bits per heavy atom. The Labute approximate surface area is 218 Å². The number of imide groups is 1. The highest BCUT2D eigenvalue weighted by Crippen LogP contribution is 2.51. The van der Waals surface area contributed by atoms with E-state index in [1.54, 1.807) is 24.3 Å². The fourth-order valence-corrected chi connectivity index (χ4v) is 5.62. The maximum absolute atomic E-state index is 13.9. The Bertz CT molecular complexity index is 1420. The molecule has 2 saturated heterocycles. The summed E-state index contributed by atoms with van der Waals surface area (Å²) in [6, 6.07) is 20.8. The number of carboxylic acid groups (broad SMARTS) is 1. The van der Waals surface area contributed by atoms with Crippen LogP contribution in [0, 0.1) is 22.0 Å². The first-order valence-electron chi connectivity index (χ1n) is 12.1. The van der Waals surface area contributed by atoms with E-state index >= 15 is 0 Å². The molecule has 2 aliphatic rings. The Morgan fingerprint density at radius 1 is 1.03 bits per heavy atom. The third-order valence-electron chi connectivity index (χ3n) is 7.43. The van der Waals surface area contributed by atoms with Gasteiger partial charge in [-0.15, -0.1) is 0 Å². The molecule has 0 aliphatic carbocycles. The minimum Gasteiger partial charge on any atom is -0.480 e. The number of rotatable bonds is 7. The van der Waals surface area contributed by atoms with Gasteiger partial charge in [0.1, 0.15) is 5.54 Å². The molecule has 4 unspecified atom stereocenters. The number of non-ortho nitro benzene ring substituents is 1. The van der Waals surface area contributed by atoms with Crippen molar-refractivity contribution in [3.05, 3.63) is 100 Å². The first-order valence-corrected chi connectivity index (χ1v) is 12.1. The van der Waals surface area contributed by atoms with E-state index in [1.807, 2.05) is 49.3 Å². The number of carbonyl (C=O) groups excluding carboxylic acids is 2. The summed E-state index contributed by atoms with van der Waals surface area (Å²) in [4.78, 5) is 54.4. The highest BCUT2D eigenvalue weighted by molar-refractivity contribution is 6.24. The number of anilines is 2. The van der Waals surface area contributed by atoms with Crippen LogP contribution in [0.1, 0.15) is 17.2 Å². The van der Waals surface area contributed by atoms with Crippen LogP contribution in [0.5, 0.6) is 0 Å². The van der Waals surface area contributed by atoms with Crippen molar-refractivity contribution in [2.24, 2.45) is 11.8 Å². The average Bonchev–Trinajstić information content (AvgIpc) is 3.38. The largest absolute Gasteiger partial charge is 0.480 e. The van der Waals surface area contributed by atoms with Crippen molar-refractivity contribution in [1.29, 1.82) is 0 Å². The lowest BCUT2D eigenvalue weighted by atomic mass is 9.76. The Balaban J connectivity index is 1.64. The van der Waals surface area contributed by atoms with Gasteiger partial charge in [-0.25, -0.2) is 4.90 Å². The zero-order valence-corrected chi connectivity index (χ0v) is 20.8. The predicted octanol–water partition coefficient (Wildman–Crippen LogP) is 3.18. The number of amides is 2. The van der Waals surface area contributed by atoms with Gasteiger partial charge in [0.05, 0.1) is 22.4 Å². The number of benzene rings is 3. The molecule has 0 bridgehead atoms. The summed E-state index contributed by atoms with van der Waals surface area (Å²) < 4.78 is 0. The lowest BCUT2D eigenvalue weighted by Crippen LogP contribution is -2.57. The van der Waals surface area contributed by atoms with E-state index in [1.165, 1.54) is 18.2 Å². The zero-order valence-electron chi connectivity index (χ0n) is 20.8. The van der Waals surface area contributed by atoms with Gasteiger partial charge >= 0.3 is 5.97 Å². The van der Waals surface area contributed by atoms with Crippen molar-refractivity contribution in [1.82, 2.24) is 5.32 Å². The van der Waals surface area contributed by atoms with Gasteiger partial charge in [0.25, 0.3) is 5.69 Å². The Hall–Kier alpha value is -4.57. The van der Waals surface area contributed by atoms with Gasteiger partial charge in [0.2, 0.25) is 11.8 Å². The van der Waals surface area contributed by atoms with Crippen molar-refractivity contribution in [3.8, 4) is 0 Å². The van der Waals surface area contributed by atoms with Gasteiger partial charge in [-0.3, -0.25) is 29.8 Å². The van der Waals surface area contributed by atoms with Crippen molar-refractivity contribution >= 4 is 34.8 Å². The van der Waals surface area contributed by atoms with E-state index in [2.05, 4.69) is 5.32 Å². The molecule has 0 radical (unpaired) electrons. The second kappa shape index (κ2) is 9.38. The second-order valence-electron chi connectivity index (χ2n) is 9.84. The maximum atomic E-state index is 13.9. The molecule has 2 fully saturated rings. The van der Waals surface area contributed by atoms with Crippen molar-refractivity contribution < 1.29 is 24.4 Å². The lowest BCUT2D eigenvalue weighted by molar-refractivity contribution is -0.384. The molecular formula is C28H26N4O6. The number of nitro benzene ring substituents is 1. The van der Waals surface area contributed by atoms with E-state index in [9.17, 15) is 29.6 Å². The Morgan fingerprint density at radius 3 is 2.32 bits per heavy atom. The third-order valence-corrected chi connectivity index (χ3v) is 7.43. The fraction of sp³-hybridized carbons (Fsp3) is 0.250. The summed E-state index contributed by atoms with van der Waals surface area (Å²) in [6.07, 6.45) is -0.0293. The number of hydrogen-bond donors (Lipinski definition) is 2. The second-order valence-corrected chi connectivity index (χ2v) is 9.84. The molecule has 3 aromatic carbocycles. The van der Waals surface area contributed by atoms with Crippen molar-refractivity contribution in [3.63, 3.8) is 0 Å². The quantitative estimate of drug-likeness (QED) is 0.279. The summed E-state index contributed by atoms with van der Waals surface area (Å²) >= 11 is 0. The molecule has 0 saturated carbocycles. The monoisotopic (exact) mass is 514 g/mol. The van der Waals surface area contributed by atoms with Crippen LogP contribution in [0.2, 0.25) is 0 Å². The van der Waals surface area contributed by atoms with Gasteiger partial charge < -0.3 is 10.0 Å². The molecule has 2 heterocycles. The summed E-state index contributed by atoms with van der Waals surface area (Å²) in [5.74, 6) is -4.78.